The van der Waals surface area contributed by atoms with Crippen molar-refractivity contribution >= 4 is 51.0 Å². The number of methoxy groups -OCH3 is 1. The van der Waals surface area contributed by atoms with Gasteiger partial charge >= 0.3 is 0 Å². The summed E-state index contributed by atoms with van der Waals surface area (Å²) in [5.41, 5.74) is 1.46. The van der Waals surface area contributed by atoms with Crippen molar-refractivity contribution in [1.29, 1.82) is 0 Å². The molecular weight excluding hydrogens is 365 g/mol. The molecule has 0 aliphatic carbocycles. The molecule has 0 spiro atoms. The maximum Gasteiger partial charge on any atom is 0.172 e. The van der Waals surface area contributed by atoms with Gasteiger partial charge in [-0.3, -0.25) is 4.99 Å². The molecule has 0 saturated carbocycles. The Morgan fingerprint density at radius 2 is 1.95 bits per heavy atom. The molecule has 6 heteroatoms. The van der Waals surface area contributed by atoms with E-state index in [2.05, 4.69) is 20.9 Å². The van der Waals surface area contributed by atoms with E-state index in [9.17, 15) is 5.11 Å². The summed E-state index contributed by atoms with van der Waals surface area (Å²) in [6, 6.07) is 8.54. The molecular formula is C14H10BrCl2NO2. The predicted molar refractivity (Wildman–Crippen MR) is 86.1 cm³/mol. The normalized spacial score (nSPS) is 11.0. The van der Waals surface area contributed by atoms with Crippen molar-refractivity contribution in [1.82, 2.24) is 0 Å². The molecule has 2 aromatic rings. The SMILES string of the molecule is COc1cc(C=Nc2ccc(Cl)c(Cl)c2)cc(Br)c1O. The van der Waals surface area contributed by atoms with E-state index in [0.29, 0.717) is 26.0 Å². The Kier molecular flexibility index (Phi) is 4.91. The number of hydrogen-bond acceptors (Lipinski definition) is 3. The smallest absolute Gasteiger partial charge is 0.172 e. The van der Waals surface area contributed by atoms with Gasteiger partial charge in [0.1, 0.15) is 0 Å². The van der Waals surface area contributed by atoms with Crippen LogP contribution in [0, 0.1) is 0 Å². The van der Waals surface area contributed by atoms with E-state index in [1.165, 1.54) is 7.11 Å². The van der Waals surface area contributed by atoms with Crippen molar-refractivity contribution in [3.05, 3.63) is 50.4 Å². The van der Waals surface area contributed by atoms with Crippen LogP contribution in [0.15, 0.2) is 39.8 Å². The fraction of sp³-hybridized carbons (Fsp3) is 0.0714. The second-order valence-electron chi connectivity index (χ2n) is 3.91. The van der Waals surface area contributed by atoms with Gasteiger partial charge in [-0.25, -0.2) is 0 Å². The quantitative estimate of drug-likeness (QED) is 0.748. The van der Waals surface area contributed by atoms with Crippen molar-refractivity contribution in [2.75, 3.05) is 7.11 Å². The summed E-state index contributed by atoms with van der Waals surface area (Å²) >= 11 is 15.0. The van der Waals surface area contributed by atoms with E-state index >= 15 is 0 Å². The fourth-order valence-corrected chi connectivity index (χ4v) is 2.29. The van der Waals surface area contributed by atoms with E-state index in [4.69, 9.17) is 27.9 Å². The average molecular weight is 375 g/mol. The van der Waals surface area contributed by atoms with Gasteiger partial charge in [0, 0.05) is 6.21 Å². The first kappa shape index (κ1) is 15.2. The predicted octanol–water partition coefficient (Wildman–Crippen LogP) is 5.22. The molecule has 0 amide bonds. The molecule has 0 fully saturated rings. The molecule has 1 N–H and O–H groups in total. The fourth-order valence-electron chi connectivity index (χ4n) is 1.54. The molecule has 104 valence electrons. The topological polar surface area (TPSA) is 41.8 Å². The number of phenolic OH excluding ortho intramolecular Hbond substituents is 1. The van der Waals surface area contributed by atoms with Crippen LogP contribution in [0.3, 0.4) is 0 Å². The van der Waals surface area contributed by atoms with Crippen molar-refractivity contribution < 1.29 is 9.84 Å². The first-order valence-corrected chi connectivity index (χ1v) is 7.12. The minimum atomic E-state index is 0.0548. The third-order valence-corrected chi connectivity index (χ3v) is 3.88. The van der Waals surface area contributed by atoms with Crippen LogP contribution in [0.4, 0.5) is 5.69 Å². The lowest BCUT2D eigenvalue weighted by atomic mass is 10.2. The first-order chi connectivity index (χ1) is 9.51. The van der Waals surface area contributed by atoms with Crippen molar-refractivity contribution in [2.45, 2.75) is 0 Å². The lowest BCUT2D eigenvalue weighted by Gasteiger charge is -2.06. The van der Waals surface area contributed by atoms with Gasteiger partial charge in [-0.2, -0.15) is 0 Å². The monoisotopic (exact) mass is 373 g/mol. The van der Waals surface area contributed by atoms with E-state index in [-0.39, 0.29) is 5.75 Å². The van der Waals surface area contributed by atoms with Crippen molar-refractivity contribution in [2.24, 2.45) is 4.99 Å². The van der Waals surface area contributed by atoms with Gasteiger partial charge in [0.2, 0.25) is 0 Å². The minimum Gasteiger partial charge on any atom is -0.503 e. The second-order valence-corrected chi connectivity index (χ2v) is 5.58. The molecule has 2 rings (SSSR count). The molecule has 0 saturated heterocycles. The Labute approximate surface area is 134 Å². The summed E-state index contributed by atoms with van der Waals surface area (Å²) in [4.78, 5) is 4.30. The number of benzene rings is 2. The highest BCUT2D eigenvalue weighted by Crippen LogP contribution is 2.35. The zero-order valence-electron chi connectivity index (χ0n) is 10.4. The lowest BCUT2D eigenvalue weighted by Crippen LogP contribution is -1.88. The van der Waals surface area contributed by atoms with E-state index in [1.807, 2.05) is 0 Å². The van der Waals surface area contributed by atoms with Gasteiger partial charge < -0.3 is 9.84 Å². The van der Waals surface area contributed by atoms with Crippen molar-refractivity contribution in [3.63, 3.8) is 0 Å². The highest BCUT2D eigenvalue weighted by molar-refractivity contribution is 9.10. The van der Waals surface area contributed by atoms with E-state index in [0.717, 1.165) is 5.56 Å². The average Bonchev–Trinajstić information content (AvgIpc) is 2.43. The van der Waals surface area contributed by atoms with Crippen LogP contribution in [0.1, 0.15) is 5.56 Å². The summed E-state index contributed by atoms with van der Waals surface area (Å²) < 4.78 is 5.61. The highest BCUT2D eigenvalue weighted by Gasteiger charge is 2.07. The molecule has 0 radical (unpaired) electrons. The van der Waals surface area contributed by atoms with Crippen LogP contribution < -0.4 is 4.74 Å². The zero-order valence-corrected chi connectivity index (χ0v) is 13.5. The molecule has 0 unspecified atom stereocenters. The molecule has 2 aromatic carbocycles. The Balaban J connectivity index is 2.31. The van der Waals surface area contributed by atoms with Crippen molar-refractivity contribution in [3.8, 4) is 11.5 Å². The summed E-state index contributed by atoms with van der Waals surface area (Å²) in [7, 11) is 1.49. The van der Waals surface area contributed by atoms with Crippen LogP contribution in [0.25, 0.3) is 0 Å². The maximum atomic E-state index is 9.73. The number of halogens is 3. The number of aromatic hydroxyl groups is 1. The largest absolute Gasteiger partial charge is 0.503 e. The Bertz CT molecular complexity index is 674. The van der Waals surface area contributed by atoms with Crippen LogP contribution >= 0.6 is 39.1 Å². The summed E-state index contributed by atoms with van der Waals surface area (Å²) in [5.74, 6) is 0.425. The third-order valence-electron chi connectivity index (χ3n) is 2.54. The van der Waals surface area contributed by atoms with Crippen LogP contribution in [-0.2, 0) is 0 Å². The molecule has 0 aromatic heterocycles. The lowest BCUT2D eigenvalue weighted by molar-refractivity contribution is 0.372. The highest BCUT2D eigenvalue weighted by atomic mass is 79.9. The number of aliphatic imine (C=N–C) groups is 1. The Morgan fingerprint density at radius 3 is 2.60 bits per heavy atom. The summed E-state index contributed by atoms with van der Waals surface area (Å²) in [5, 5.41) is 10.7. The van der Waals surface area contributed by atoms with Crippen LogP contribution in [0.5, 0.6) is 11.5 Å². The minimum absolute atomic E-state index is 0.0548. The molecule has 3 nitrogen and oxygen atoms in total. The van der Waals surface area contributed by atoms with Crippen LogP contribution in [0.2, 0.25) is 10.0 Å². The number of hydrogen-bond donors (Lipinski definition) is 1. The van der Waals surface area contributed by atoms with E-state index < -0.39 is 0 Å². The molecule has 0 aliphatic heterocycles. The third kappa shape index (κ3) is 3.45. The van der Waals surface area contributed by atoms with Crippen LogP contribution in [-0.4, -0.2) is 18.4 Å². The summed E-state index contributed by atoms with van der Waals surface area (Å²) in [6.45, 7) is 0. The first-order valence-electron chi connectivity index (χ1n) is 5.57. The Hall–Kier alpha value is -1.23. The van der Waals surface area contributed by atoms with Gasteiger partial charge in [-0.05, 0) is 51.8 Å². The van der Waals surface area contributed by atoms with E-state index in [1.54, 1.807) is 36.5 Å². The standard InChI is InChI=1S/C14H10BrCl2NO2/c1-20-13-5-8(4-10(15)14(13)19)7-18-9-2-3-11(16)12(17)6-9/h2-7,19H,1H3. The number of phenols is 1. The Morgan fingerprint density at radius 1 is 1.20 bits per heavy atom. The molecule has 0 bridgehead atoms. The maximum absolute atomic E-state index is 9.73. The molecule has 0 heterocycles. The van der Waals surface area contributed by atoms with Gasteiger partial charge in [-0.15, -0.1) is 0 Å². The molecule has 20 heavy (non-hydrogen) atoms. The zero-order chi connectivity index (χ0) is 14.7. The summed E-state index contributed by atoms with van der Waals surface area (Å²) in [6.07, 6.45) is 1.65. The van der Waals surface area contributed by atoms with Gasteiger partial charge in [-0.1, -0.05) is 23.2 Å². The van der Waals surface area contributed by atoms with Gasteiger partial charge in [0.05, 0.1) is 27.3 Å². The number of nitrogens with zero attached hydrogens (tertiary/aromatic N) is 1. The molecule has 0 atom stereocenters. The van der Waals surface area contributed by atoms with Gasteiger partial charge in [0.25, 0.3) is 0 Å². The second kappa shape index (κ2) is 6.48. The van der Waals surface area contributed by atoms with Gasteiger partial charge in [0.15, 0.2) is 11.5 Å². The number of ether oxygens (including phenoxy) is 1. The number of rotatable bonds is 3. The molecule has 0 aliphatic rings.